The monoisotopic (exact) mass is 378 g/mol. The molecule has 3 rings (SSSR count). The maximum atomic E-state index is 12.7. The average Bonchev–Trinajstić information content (AvgIpc) is 2.53. The van der Waals surface area contributed by atoms with E-state index in [4.69, 9.17) is 23.2 Å². The molecule has 130 valence electrons. The van der Waals surface area contributed by atoms with Crippen molar-refractivity contribution in [2.75, 3.05) is 7.05 Å². The van der Waals surface area contributed by atoms with E-state index in [1.165, 1.54) is 11.0 Å². The lowest BCUT2D eigenvalue weighted by molar-refractivity contribution is 0.0783. The molecule has 0 unspecified atom stereocenters. The third-order valence-electron chi connectivity index (χ3n) is 4.17. The van der Waals surface area contributed by atoms with Crippen LogP contribution in [0.4, 0.5) is 0 Å². The van der Waals surface area contributed by atoms with Gasteiger partial charge in [0.05, 0.1) is 0 Å². The smallest absolute Gasteiger partial charge is 0.261 e. The zero-order valence-corrected chi connectivity index (χ0v) is 15.1. The molecule has 25 heavy (non-hydrogen) atoms. The topological polar surface area (TPSA) is 70.2 Å². The number of aromatic nitrogens is 1. The number of rotatable bonds is 3. The van der Waals surface area contributed by atoms with Crippen molar-refractivity contribution in [3.63, 3.8) is 0 Å². The molecule has 5 nitrogen and oxygen atoms in total. The van der Waals surface area contributed by atoms with Gasteiger partial charge in [-0.2, -0.15) is 0 Å². The largest absolute Gasteiger partial charge is 0.337 e. The first-order valence-corrected chi connectivity index (χ1v) is 8.60. The van der Waals surface area contributed by atoms with E-state index >= 15 is 0 Å². The number of nitrogens with one attached hydrogen (secondary N) is 1. The van der Waals surface area contributed by atoms with E-state index in [1.807, 2.05) is 0 Å². The molecule has 1 aliphatic rings. The van der Waals surface area contributed by atoms with Crippen molar-refractivity contribution in [3.05, 3.63) is 67.0 Å². The van der Waals surface area contributed by atoms with Crippen molar-refractivity contribution in [1.29, 1.82) is 0 Å². The molecular formula is C18H16Cl2N2O3. The maximum absolute atomic E-state index is 12.7. The van der Waals surface area contributed by atoms with Crippen LogP contribution in [0, 0.1) is 0 Å². The Kier molecular flexibility index (Phi) is 4.97. The predicted octanol–water partition coefficient (Wildman–Crippen LogP) is 3.47. The molecule has 1 aromatic carbocycles. The summed E-state index contributed by atoms with van der Waals surface area (Å²) in [6, 6.07) is 6.43. The maximum Gasteiger partial charge on any atom is 0.261 e. The Hall–Kier alpha value is -2.11. The number of hydrogen-bond acceptors (Lipinski definition) is 3. The molecule has 0 radical (unpaired) electrons. The second-order valence-electron chi connectivity index (χ2n) is 6.12. The van der Waals surface area contributed by atoms with E-state index in [0.29, 0.717) is 40.6 Å². The zero-order valence-electron chi connectivity index (χ0n) is 13.6. The van der Waals surface area contributed by atoms with E-state index in [9.17, 15) is 14.4 Å². The highest BCUT2D eigenvalue weighted by molar-refractivity contribution is 6.34. The molecule has 1 amide bonds. The fourth-order valence-electron chi connectivity index (χ4n) is 2.99. The summed E-state index contributed by atoms with van der Waals surface area (Å²) in [5.41, 5.74) is 1.29. The second kappa shape index (κ2) is 7.02. The van der Waals surface area contributed by atoms with Crippen molar-refractivity contribution in [2.45, 2.75) is 25.8 Å². The van der Waals surface area contributed by atoms with Crippen molar-refractivity contribution in [2.24, 2.45) is 0 Å². The van der Waals surface area contributed by atoms with Gasteiger partial charge < -0.3 is 9.88 Å². The molecule has 1 heterocycles. The summed E-state index contributed by atoms with van der Waals surface area (Å²) in [4.78, 5) is 41.0. The minimum atomic E-state index is -0.477. The average molecular weight is 379 g/mol. The number of fused-ring (bicyclic) bond motifs is 1. The SMILES string of the molecule is CN(Cc1cc(Cl)cc(Cl)c1)C(=O)c1cc2c([nH]c1=O)CCCC2=O. The van der Waals surface area contributed by atoms with Gasteiger partial charge in [-0.25, -0.2) is 0 Å². The zero-order chi connectivity index (χ0) is 18.1. The first-order valence-electron chi connectivity index (χ1n) is 7.85. The van der Waals surface area contributed by atoms with Crippen LogP contribution < -0.4 is 5.56 Å². The Balaban J connectivity index is 1.88. The first kappa shape index (κ1) is 17.7. The summed E-state index contributed by atoms with van der Waals surface area (Å²) < 4.78 is 0. The van der Waals surface area contributed by atoms with Crippen LogP contribution in [0.1, 0.15) is 44.8 Å². The Labute approximate surface area is 154 Å². The van der Waals surface area contributed by atoms with Gasteiger partial charge in [0.25, 0.3) is 11.5 Å². The number of benzene rings is 1. The molecule has 0 fully saturated rings. The molecule has 0 bridgehead atoms. The summed E-state index contributed by atoms with van der Waals surface area (Å²) in [6.07, 6.45) is 1.79. The minimum absolute atomic E-state index is 0.0374. The Morgan fingerprint density at radius 2 is 1.80 bits per heavy atom. The number of pyridine rings is 1. The van der Waals surface area contributed by atoms with Crippen LogP contribution in [0.25, 0.3) is 0 Å². The van der Waals surface area contributed by atoms with E-state index in [0.717, 1.165) is 5.56 Å². The number of H-pyrrole nitrogens is 1. The van der Waals surface area contributed by atoms with Crippen LogP contribution in [0.5, 0.6) is 0 Å². The number of nitrogens with zero attached hydrogens (tertiary/aromatic N) is 1. The Morgan fingerprint density at radius 3 is 2.48 bits per heavy atom. The lowest BCUT2D eigenvalue weighted by Gasteiger charge is -2.19. The summed E-state index contributed by atoms with van der Waals surface area (Å²) in [6.45, 7) is 0.240. The van der Waals surface area contributed by atoms with Gasteiger partial charge in [-0.1, -0.05) is 23.2 Å². The lowest BCUT2D eigenvalue weighted by Crippen LogP contribution is -2.33. The molecular weight excluding hydrogens is 363 g/mol. The number of halogens is 2. The van der Waals surface area contributed by atoms with Gasteiger partial charge in [0.15, 0.2) is 5.78 Å². The first-order chi connectivity index (χ1) is 11.8. The highest BCUT2D eigenvalue weighted by Crippen LogP contribution is 2.21. The number of aromatic amines is 1. The van der Waals surface area contributed by atoms with E-state index in [1.54, 1.807) is 25.2 Å². The third kappa shape index (κ3) is 3.78. The van der Waals surface area contributed by atoms with Gasteiger partial charge in [0.2, 0.25) is 0 Å². The van der Waals surface area contributed by atoms with Crippen LogP contribution in [0.3, 0.4) is 0 Å². The predicted molar refractivity (Wildman–Crippen MR) is 96.6 cm³/mol. The van der Waals surface area contributed by atoms with Gasteiger partial charge in [0, 0.05) is 41.3 Å². The van der Waals surface area contributed by atoms with Gasteiger partial charge in [-0.15, -0.1) is 0 Å². The van der Waals surface area contributed by atoms with Gasteiger partial charge in [0.1, 0.15) is 5.56 Å². The van der Waals surface area contributed by atoms with Crippen molar-refractivity contribution in [3.8, 4) is 0 Å². The minimum Gasteiger partial charge on any atom is -0.337 e. The number of carbonyl (C=O) groups is 2. The number of Topliss-reactive ketones (excluding diaryl/α,β-unsaturated/α-hetero) is 1. The van der Waals surface area contributed by atoms with Gasteiger partial charge in [-0.3, -0.25) is 14.4 Å². The van der Waals surface area contributed by atoms with E-state index in [2.05, 4.69) is 4.98 Å². The molecule has 7 heteroatoms. The van der Waals surface area contributed by atoms with Crippen LogP contribution in [-0.2, 0) is 13.0 Å². The van der Waals surface area contributed by atoms with E-state index < -0.39 is 11.5 Å². The van der Waals surface area contributed by atoms with Gasteiger partial charge in [-0.05, 0) is 42.7 Å². The summed E-state index contributed by atoms with van der Waals surface area (Å²) in [5, 5.41) is 0.946. The molecule has 0 aliphatic heterocycles. The quantitative estimate of drug-likeness (QED) is 0.888. The molecule has 0 spiro atoms. The molecule has 0 saturated heterocycles. The summed E-state index contributed by atoms with van der Waals surface area (Å²) >= 11 is 11.9. The van der Waals surface area contributed by atoms with Crippen LogP contribution in [0.15, 0.2) is 29.1 Å². The number of hydrogen-bond donors (Lipinski definition) is 1. The highest BCUT2D eigenvalue weighted by Gasteiger charge is 2.23. The summed E-state index contributed by atoms with van der Waals surface area (Å²) in [7, 11) is 1.58. The molecule has 2 aromatic rings. The van der Waals surface area contributed by atoms with Crippen LogP contribution in [-0.4, -0.2) is 28.6 Å². The highest BCUT2D eigenvalue weighted by atomic mass is 35.5. The molecule has 1 aliphatic carbocycles. The summed E-state index contributed by atoms with van der Waals surface area (Å²) in [5.74, 6) is -0.505. The number of carbonyl (C=O) groups excluding carboxylic acids is 2. The number of ketones is 1. The van der Waals surface area contributed by atoms with Crippen molar-refractivity contribution in [1.82, 2.24) is 9.88 Å². The lowest BCUT2D eigenvalue weighted by atomic mass is 9.93. The van der Waals surface area contributed by atoms with Crippen molar-refractivity contribution < 1.29 is 9.59 Å². The third-order valence-corrected chi connectivity index (χ3v) is 4.61. The molecule has 0 atom stereocenters. The Bertz CT molecular complexity index is 901. The standard InChI is InChI=1S/C18H16Cl2N2O3/c1-22(9-10-5-11(19)7-12(20)6-10)18(25)14-8-13-15(21-17(14)24)3-2-4-16(13)23/h5-8H,2-4,9H2,1H3,(H,21,24). The molecule has 1 aromatic heterocycles. The molecule has 1 N–H and O–H groups in total. The normalized spacial score (nSPS) is 13.5. The van der Waals surface area contributed by atoms with Crippen LogP contribution >= 0.6 is 23.2 Å². The van der Waals surface area contributed by atoms with E-state index in [-0.39, 0.29) is 17.9 Å². The van der Waals surface area contributed by atoms with Gasteiger partial charge >= 0.3 is 0 Å². The Morgan fingerprint density at radius 1 is 1.12 bits per heavy atom. The fourth-order valence-corrected chi connectivity index (χ4v) is 3.56. The van der Waals surface area contributed by atoms with Crippen LogP contribution in [0.2, 0.25) is 10.0 Å². The number of amides is 1. The number of aryl methyl sites for hydroxylation is 1. The molecule has 0 saturated carbocycles. The fraction of sp³-hybridized carbons (Fsp3) is 0.278. The second-order valence-corrected chi connectivity index (χ2v) is 6.99. The van der Waals surface area contributed by atoms with Crippen molar-refractivity contribution >= 4 is 34.9 Å².